The predicted octanol–water partition coefficient (Wildman–Crippen LogP) is 5.49. The topological polar surface area (TPSA) is 75.7 Å². The third kappa shape index (κ3) is 4.81. The number of halogens is 3. The Morgan fingerprint density at radius 1 is 1.03 bits per heavy atom. The van der Waals surface area contributed by atoms with Crippen LogP contribution in [0.1, 0.15) is 11.1 Å². The van der Waals surface area contributed by atoms with Gasteiger partial charge in [0.2, 0.25) is 0 Å². The van der Waals surface area contributed by atoms with Crippen LogP contribution in [0.2, 0.25) is 5.02 Å². The highest BCUT2D eigenvalue weighted by Gasteiger charge is 2.37. The van der Waals surface area contributed by atoms with E-state index in [1.54, 1.807) is 24.3 Å². The number of barbiturate groups is 1. The molecule has 9 heteroatoms. The number of anilines is 1. The maximum atomic E-state index is 14.2. The second-order valence-corrected chi connectivity index (χ2v) is 8.24. The summed E-state index contributed by atoms with van der Waals surface area (Å²) in [7, 11) is 0. The second kappa shape index (κ2) is 9.56. The molecule has 3 aromatic rings. The van der Waals surface area contributed by atoms with Crippen molar-refractivity contribution < 1.29 is 23.5 Å². The van der Waals surface area contributed by atoms with Gasteiger partial charge in [-0.05, 0) is 57.9 Å². The van der Waals surface area contributed by atoms with Crippen LogP contribution in [0.4, 0.5) is 14.9 Å². The van der Waals surface area contributed by atoms with Crippen molar-refractivity contribution in [1.29, 1.82) is 0 Å². The molecule has 0 aliphatic carbocycles. The zero-order valence-electron chi connectivity index (χ0n) is 16.8. The zero-order valence-corrected chi connectivity index (χ0v) is 19.2. The van der Waals surface area contributed by atoms with Gasteiger partial charge < -0.3 is 4.74 Å². The molecule has 166 valence electrons. The largest absolute Gasteiger partial charge is 0.488 e. The monoisotopic (exact) mass is 528 g/mol. The molecule has 33 heavy (non-hydrogen) atoms. The number of rotatable bonds is 5. The Hall–Kier alpha value is -3.49. The fourth-order valence-corrected chi connectivity index (χ4v) is 3.87. The van der Waals surface area contributed by atoms with Gasteiger partial charge in [-0.25, -0.2) is 14.1 Å². The molecule has 0 bridgehead atoms. The molecule has 6 nitrogen and oxygen atoms in total. The lowest BCUT2D eigenvalue weighted by molar-refractivity contribution is -0.122. The Balaban J connectivity index is 1.58. The minimum absolute atomic E-state index is 0.247. The van der Waals surface area contributed by atoms with Crippen LogP contribution in [0, 0.1) is 5.82 Å². The number of nitrogens with one attached hydrogen (secondary N) is 1. The van der Waals surface area contributed by atoms with Gasteiger partial charge >= 0.3 is 6.03 Å². The molecule has 1 fully saturated rings. The highest BCUT2D eigenvalue weighted by Crippen LogP contribution is 2.30. The summed E-state index contributed by atoms with van der Waals surface area (Å²) in [5.41, 5.74) is 0.755. The molecule has 0 radical (unpaired) electrons. The van der Waals surface area contributed by atoms with E-state index in [0.29, 0.717) is 25.7 Å². The fourth-order valence-electron chi connectivity index (χ4n) is 3.17. The number of hydrogen-bond acceptors (Lipinski definition) is 4. The summed E-state index contributed by atoms with van der Waals surface area (Å²) < 4.78 is 20.6. The van der Waals surface area contributed by atoms with Crippen molar-refractivity contribution >= 4 is 57.1 Å². The minimum atomic E-state index is -1.02. The molecule has 1 heterocycles. The molecule has 1 aliphatic rings. The Bertz CT molecular complexity index is 1310. The number of carbonyl (C=O) groups is 3. The number of benzene rings is 3. The maximum absolute atomic E-state index is 14.2. The SMILES string of the molecule is O=C1NC(=O)N(c2ccccc2F)C(=O)/C1=C\c1ccc(OCc2ccccc2Cl)c(Br)c1. The fraction of sp³-hybridized carbons (Fsp3) is 0.0417. The average molecular weight is 530 g/mol. The molecule has 4 rings (SSSR count). The maximum Gasteiger partial charge on any atom is 0.336 e. The molecule has 1 saturated heterocycles. The van der Waals surface area contributed by atoms with Crippen LogP contribution in [-0.4, -0.2) is 17.8 Å². The summed E-state index contributed by atoms with van der Waals surface area (Å²) in [6.45, 7) is 0.249. The van der Waals surface area contributed by atoms with Crippen molar-refractivity contribution in [3.05, 3.63) is 98.7 Å². The van der Waals surface area contributed by atoms with E-state index in [-0.39, 0.29) is 17.9 Å². The number of urea groups is 1. The van der Waals surface area contributed by atoms with Crippen molar-refractivity contribution in [1.82, 2.24) is 5.32 Å². The van der Waals surface area contributed by atoms with Gasteiger partial charge in [-0.3, -0.25) is 14.9 Å². The molecule has 0 saturated carbocycles. The first kappa shape index (κ1) is 22.7. The number of carbonyl (C=O) groups excluding carboxylic acids is 3. The quantitative estimate of drug-likeness (QED) is 0.350. The highest BCUT2D eigenvalue weighted by molar-refractivity contribution is 9.10. The molecule has 0 aromatic heterocycles. The van der Waals surface area contributed by atoms with Crippen molar-refractivity contribution in [2.45, 2.75) is 6.61 Å². The molecule has 3 aromatic carbocycles. The Morgan fingerprint density at radius 3 is 2.48 bits per heavy atom. The minimum Gasteiger partial charge on any atom is -0.488 e. The lowest BCUT2D eigenvalue weighted by atomic mass is 10.1. The van der Waals surface area contributed by atoms with Gasteiger partial charge in [-0.15, -0.1) is 0 Å². The van der Waals surface area contributed by atoms with Gasteiger partial charge in [-0.1, -0.05) is 48.0 Å². The molecule has 4 amide bonds. The van der Waals surface area contributed by atoms with Gasteiger partial charge in [0.15, 0.2) is 0 Å². The highest BCUT2D eigenvalue weighted by atomic mass is 79.9. The molecular formula is C24H15BrClFN2O4. The molecular weight excluding hydrogens is 515 g/mol. The van der Waals surface area contributed by atoms with Crippen LogP contribution < -0.4 is 15.0 Å². The van der Waals surface area contributed by atoms with Crippen LogP contribution >= 0.6 is 27.5 Å². The van der Waals surface area contributed by atoms with Crippen molar-refractivity contribution in [2.75, 3.05) is 4.90 Å². The smallest absolute Gasteiger partial charge is 0.336 e. The van der Waals surface area contributed by atoms with E-state index in [9.17, 15) is 18.8 Å². The van der Waals surface area contributed by atoms with Gasteiger partial charge in [0, 0.05) is 10.6 Å². The van der Waals surface area contributed by atoms with Crippen LogP contribution in [0.25, 0.3) is 6.08 Å². The molecule has 1 aliphatic heterocycles. The van der Waals surface area contributed by atoms with Gasteiger partial charge in [0.05, 0.1) is 10.2 Å². The van der Waals surface area contributed by atoms with Crippen molar-refractivity contribution in [3.8, 4) is 5.75 Å². The first-order chi connectivity index (χ1) is 15.8. The average Bonchev–Trinajstić information content (AvgIpc) is 2.78. The lowest BCUT2D eigenvalue weighted by Crippen LogP contribution is -2.54. The van der Waals surface area contributed by atoms with Crippen LogP contribution in [-0.2, 0) is 16.2 Å². The molecule has 1 N–H and O–H groups in total. The summed E-state index contributed by atoms with van der Waals surface area (Å²) in [6.07, 6.45) is 1.32. The zero-order chi connectivity index (χ0) is 23.5. The Morgan fingerprint density at radius 2 is 1.76 bits per heavy atom. The number of para-hydroxylation sites is 1. The number of ether oxygens (including phenoxy) is 1. The van der Waals surface area contributed by atoms with E-state index in [2.05, 4.69) is 21.2 Å². The van der Waals surface area contributed by atoms with Crippen molar-refractivity contribution in [2.24, 2.45) is 0 Å². The molecule has 0 atom stereocenters. The first-order valence-corrected chi connectivity index (χ1v) is 10.8. The number of amides is 4. The third-order valence-electron chi connectivity index (χ3n) is 4.80. The summed E-state index contributed by atoms with van der Waals surface area (Å²) in [5.74, 6) is -2.03. The van der Waals surface area contributed by atoms with E-state index in [4.69, 9.17) is 16.3 Å². The summed E-state index contributed by atoms with van der Waals surface area (Å²) >= 11 is 9.56. The summed E-state index contributed by atoms with van der Waals surface area (Å²) in [4.78, 5) is 38.1. The Kier molecular flexibility index (Phi) is 6.57. The normalized spacial score (nSPS) is 15.1. The van der Waals surface area contributed by atoms with E-state index >= 15 is 0 Å². The van der Waals surface area contributed by atoms with Crippen LogP contribution in [0.5, 0.6) is 5.75 Å². The third-order valence-corrected chi connectivity index (χ3v) is 5.79. The summed E-state index contributed by atoms with van der Waals surface area (Å²) in [5, 5.41) is 2.66. The van der Waals surface area contributed by atoms with Gasteiger partial charge in [0.1, 0.15) is 23.7 Å². The van der Waals surface area contributed by atoms with Crippen LogP contribution in [0.3, 0.4) is 0 Å². The molecule has 0 unspecified atom stereocenters. The second-order valence-electron chi connectivity index (χ2n) is 6.98. The van der Waals surface area contributed by atoms with E-state index in [1.807, 2.05) is 18.2 Å². The van der Waals surface area contributed by atoms with E-state index in [1.165, 1.54) is 24.3 Å². The summed E-state index contributed by atoms with van der Waals surface area (Å²) in [6, 6.07) is 16.6. The predicted molar refractivity (Wildman–Crippen MR) is 125 cm³/mol. The lowest BCUT2D eigenvalue weighted by Gasteiger charge is -2.26. The number of imide groups is 2. The Labute approximate surface area is 201 Å². The van der Waals surface area contributed by atoms with Crippen molar-refractivity contribution in [3.63, 3.8) is 0 Å². The van der Waals surface area contributed by atoms with E-state index < -0.39 is 23.7 Å². The van der Waals surface area contributed by atoms with Gasteiger partial charge in [-0.2, -0.15) is 0 Å². The standard InChI is InChI=1S/C24H15BrClFN2O4/c25-17-12-14(9-10-21(17)33-13-15-5-1-2-6-18(15)26)11-16-22(30)28-24(32)29(23(16)31)20-8-4-3-7-19(20)27/h1-12H,13H2,(H,28,30,32)/b16-11-. The number of nitrogens with zero attached hydrogens (tertiary/aromatic N) is 1. The molecule has 0 spiro atoms. The van der Waals surface area contributed by atoms with Gasteiger partial charge in [0.25, 0.3) is 11.8 Å². The first-order valence-electron chi connectivity index (χ1n) is 9.67. The van der Waals surface area contributed by atoms with E-state index in [0.717, 1.165) is 11.6 Å². The van der Waals surface area contributed by atoms with Crippen LogP contribution in [0.15, 0.2) is 76.8 Å². The number of hydrogen-bond donors (Lipinski definition) is 1.